The number of amides is 1. The van der Waals surface area contributed by atoms with Crippen molar-refractivity contribution < 1.29 is 19.4 Å². The van der Waals surface area contributed by atoms with E-state index in [0.717, 1.165) is 27.8 Å². The molecule has 11 nitrogen and oxygen atoms in total. The van der Waals surface area contributed by atoms with Crippen LogP contribution in [-0.2, 0) is 17.6 Å². The van der Waals surface area contributed by atoms with Gasteiger partial charge in [-0.05, 0) is 40.8 Å². The van der Waals surface area contributed by atoms with Crippen molar-refractivity contribution in [2.24, 2.45) is 0 Å². The number of carbonyl (C=O) groups is 2. The molecule has 4 N–H and O–H groups in total. The van der Waals surface area contributed by atoms with Gasteiger partial charge in [-0.25, -0.2) is 0 Å². The maximum Gasteiger partial charge on any atom is 0.305 e. The average molecular weight is 552 g/mol. The molecule has 2 heterocycles. The van der Waals surface area contributed by atoms with Crippen LogP contribution in [0.15, 0.2) is 78.9 Å². The van der Waals surface area contributed by atoms with Gasteiger partial charge in [0.1, 0.15) is 0 Å². The van der Waals surface area contributed by atoms with Gasteiger partial charge < -0.3 is 20.1 Å². The van der Waals surface area contributed by atoms with E-state index in [1.54, 1.807) is 0 Å². The van der Waals surface area contributed by atoms with Crippen molar-refractivity contribution in [3.63, 3.8) is 0 Å². The Kier molecular flexibility index (Phi) is 8.43. The largest absolute Gasteiger partial charge is 0.481 e. The van der Waals surface area contributed by atoms with Gasteiger partial charge in [0.2, 0.25) is 11.7 Å². The highest BCUT2D eigenvalue weighted by molar-refractivity contribution is 5.91. The first-order chi connectivity index (χ1) is 20.0. The SMILES string of the molecule is CCOc1nc(C(=O)NC(CC(=O)O)Cc2ccccc2)[nH]c1Cc1ccc(-c2ccccc2-c2nn[nH]n2)cc1. The molecule has 0 spiro atoms. The van der Waals surface area contributed by atoms with Crippen LogP contribution in [0.25, 0.3) is 22.5 Å². The number of aromatic nitrogens is 6. The molecule has 2 aromatic heterocycles. The first-order valence-electron chi connectivity index (χ1n) is 13.2. The molecule has 0 saturated heterocycles. The van der Waals surface area contributed by atoms with Crippen LogP contribution < -0.4 is 10.1 Å². The molecule has 208 valence electrons. The molecule has 0 aliphatic heterocycles. The van der Waals surface area contributed by atoms with Crippen LogP contribution in [0.2, 0.25) is 0 Å². The summed E-state index contributed by atoms with van der Waals surface area (Å²) in [5.41, 5.74) is 5.39. The molecule has 0 bridgehead atoms. The number of aromatic amines is 2. The number of nitrogens with zero attached hydrogens (tertiary/aromatic N) is 4. The van der Waals surface area contributed by atoms with E-state index in [2.05, 4.69) is 35.9 Å². The van der Waals surface area contributed by atoms with Gasteiger partial charge >= 0.3 is 5.97 Å². The van der Waals surface area contributed by atoms with Crippen molar-refractivity contribution in [2.45, 2.75) is 32.2 Å². The number of H-pyrrole nitrogens is 2. The summed E-state index contributed by atoms with van der Waals surface area (Å²) >= 11 is 0. The molecule has 1 atom stereocenters. The van der Waals surface area contributed by atoms with E-state index in [9.17, 15) is 14.7 Å². The van der Waals surface area contributed by atoms with Gasteiger partial charge in [-0.15, -0.1) is 10.2 Å². The fraction of sp³-hybridized carbons (Fsp3) is 0.200. The normalized spacial score (nSPS) is 11.6. The van der Waals surface area contributed by atoms with Gasteiger partial charge in [0.25, 0.3) is 5.91 Å². The van der Waals surface area contributed by atoms with E-state index in [4.69, 9.17) is 4.74 Å². The maximum absolute atomic E-state index is 13.1. The lowest BCUT2D eigenvalue weighted by atomic mass is 9.97. The van der Waals surface area contributed by atoms with E-state index >= 15 is 0 Å². The standard InChI is InChI=1S/C30H29N7O4/c1-2-41-30-25(32-28(33-30)29(40)31-22(18-26(38)39)16-19-8-4-3-5-9-19)17-20-12-14-21(15-13-20)23-10-6-7-11-24(23)27-34-36-37-35-27/h3-15,22H,2,16-18H2,1H3,(H,31,40)(H,32,33)(H,38,39)(H,34,35,36,37). The van der Waals surface area contributed by atoms with Crippen LogP contribution in [-0.4, -0.2) is 60.2 Å². The molecule has 0 fully saturated rings. The van der Waals surface area contributed by atoms with Gasteiger partial charge in [0.15, 0.2) is 5.82 Å². The predicted molar refractivity (Wildman–Crippen MR) is 151 cm³/mol. The molecular formula is C30H29N7O4. The minimum absolute atomic E-state index is 0.0672. The summed E-state index contributed by atoms with van der Waals surface area (Å²) in [4.78, 5) is 32.0. The molecule has 11 heteroatoms. The third-order valence-corrected chi connectivity index (χ3v) is 6.48. The Labute approximate surface area is 236 Å². The van der Waals surface area contributed by atoms with Crippen LogP contribution in [0.1, 0.15) is 40.8 Å². The van der Waals surface area contributed by atoms with Gasteiger partial charge in [-0.3, -0.25) is 9.59 Å². The van der Waals surface area contributed by atoms with Crippen LogP contribution in [0.5, 0.6) is 5.88 Å². The monoisotopic (exact) mass is 551 g/mol. The summed E-state index contributed by atoms with van der Waals surface area (Å²) in [5.74, 6) is -0.569. The Balaban J connectivity index is 1.33. The smallest absolute Gasteiger partial charge is 0.305 e. The molecule has 5 aromatic rings. The zero-order valence-electron chi connectivity index (χ0n) is 22.4. The molecular weight excluding hydrogens is 522 g/mol. The quantitative estimate of drug-likeness (QED) is 0.181. The zero-order chi connectivity index (χ0) is 28.6. The van der Waals surface area contributed by atoms with Gasteiger partial charge in [0, 0.05) is 18.0 Å². The minimum atomic E-state index is -0.996. The highest BCUT2D eigenvalue weighted by atomic mass is 16.5. The van der Waals surface area contributed by atoms with Crippen molar-refractivity contribution in [1.82, 2.24) is 35.9 Å². The summed E-state index contributed by atoms with van der Waals surface area (Å²) in [6.45, 7) is 2.22. The van der Waals surface area contributed by atoms with Gasteiger partial charge in [-0.1, -0.05) is 78.9 Å². The molecule has 0 saturated carbocycles. The van der Waals surface area contributed by atoms with Crippen molar-refractivity contribution in [3.05, 3.63) is 102 Å². The van der Waals surface area contributed by atoms with E-state index in [1.165, 1.54) is 0 Å². The summed E-state index contributed by atoms with van der Waals surface area (Å²) < 4.78 is 5.72. The number of tetrazole rings is 1. The minimum Gasteiger partial charge on any atom is -0.481 e. The molecule has 0 aliphatic rings. The average Bonchev–Trinajstić information content (AvgIpc) is 3.65. The molecule has 3 aromatic carbocycles. The number of benzene rings is 3. The maximum atomic E-state index is 13.1. The molecule has 41 heavy (non-hydrogen) atoms. The Morgan fingerprint density at radius 2 is 1.68 bits per heavy atom. The lowest BCUT2D eigenvalue weighted by Gasteiger charge is -2.16. The fourth-order valence-corrected chi connectivity index (χ4v) is 4.63. The predicted octanol–water partition coefficient (Wildman–Crippen LogP) is 4.06. The van der Waals surface area contributed by atoms with Gasteiger partial charge in [-0.2, -0.15) is 10.2 Å². The molecule has 1 unspecified atom stereocenters. The van der Waals surface area contributed by atoms with Crippen molar-refractivity contribution >= 4 is 11.9 Å². The van der Waals surface area contributed by atoms with Crippen LogP contribution >= 0.6 is 0 Å². The van der Waals surface area contributed by atoms with Crippen molar-refractivity contribution in [2.75, 3.05) is 6.61 Å². The Morgan fingerprint density at radius 3 is 2.37 bits per heavy atom. The number of imidazole rings is 1. The second-order valence-electron chi connectivity index (χ2n) is 9.41. The first kappa shape index (κ1) is 27.3. The van der Waals surface area contributed by atoms with E-state index < -0.39 is 17.9 Å². The number of carboxylic acid groups (broad SMARTS) is 1. The number of hydrogen-bond donors (Lipinski definition) is 4. The second kappa shape index (κ2) is 12.7. The Hall–Kier alpha value is -5.32. The third kappa shape index (κ3) is 6.82. The summed E-state index contributed by atoms with van der Waals surface area (Å²) in [6.07, 6.45) is 0.618. The lowest BCUT2D eigenvalue weighted by molar-refractivity contribution is -0.137. The molecule has 0 radical (unpaired) electrons. The summed E-state index contributed by atoms with van der Waals surface area (Å²) in [6, 6.07) is 24.7. The Morgan fingerprint density at radius 1 is 0.951 bits per heavy atom. The van der Waals surface area contributed by atoms with E-state index in [0.29, 0.717) is 36.8 Å². The van der Waals surface area contributed by atoms with Crippen LogP contribution in [0, 0.1) is 0 Å². The summed E-state index contributed by atoms with van der Waals surface area (Å²) in [5, 5.41) is 26.6. The van der Waals surface area contributed by atoms with Crippen molar-refractivity contribution in [1.29, 1.82) is 0 Å². The highest BCUT2D eigenvalue weighted by Gasteiger charge is 2.22. The fourth-order valence-electron chi connectivity index (χ4n) is 4.63. The van der Waals surface area contributed by atoms with E-state index in [1.807, 2.05) is 85.8 Å². The third-order valence-electron chi connectivity index (χ3n) is 6.48. The molecule has 5 rings (SSSR count). The number of nitrogens with one attached hydrogen (secondary N) is 3. The second-order valence-corrected chi connectivity index (χ2v) is 9.41. The Bertz CT molecular complexity index is 1600. The van der Waals surface area contributed by atoms with Crippen molar-refractivity contribution in [3.8, 4) is 28.4 Å². The van der Waals surface area contributed by atoms with E-state index in [-0.39, 0.29) is 12.2 Å². The molecule has 0 aliphatic carbocycles. The lowest BCUT2D eigenvalue weighted by Crippen LogP contribution is -2.38. The van der Waals surface area contributed by atoms with Crippen LogP contribution in [0.4, 0.5) is 0 Å². The molecule has 1 amide bonds. The number of aliphatic carboxylic acids is 1. The number of hydrogen-bond acceptors (Lipinski definition) is 7. The zero-order valence-corrected chi connectivity index (χ0v) is 22.4. The first-order valence-corrected chi connectivity index (χ1v) is 13.2. The number of ether oxygens (including phenoxy) is 1. The number of rotatable bonds is 12. The summed E-state index contributed by atoms with van der Waals surface area (Å²) in [7, 11) is 0. The van der Waals surface area contributed by atoms with Gasteiger partial charge in [0.05, 0.1) is 18.7 Å². The number of carboxylic acids is 1. The highest BCUT2D eigenvalue weighted by Crippen LogP contribution is 2.30. The number of carbonyl (C=O) groups excluding carboxylic acids is 1. The van der Waals surface area contributed by atoms with Crippen LogP contribution in [0.3, 0.4) is 0 Å². The topological polar surface area (TPSA) is 159 Å².